The van der Waals surface area contributed by atoms with Crippen molar-refractivity contribution >= 4 is 29.3 Å². The Labute approximate surface area is 208 Å². The minimum absolute atomic E-state index is 0.0674. The molecule has 3 aromatic rings. The number of nitrogens with zero attached hydrogens (tertiary/aromatic N) is 3. The van der Waals surface area contributed by atoms with Crippen molar-refractivity contribution in [3.05, 3.63) is 97.5 Å². The van der Waals surface area contributed by atoms with Crippen molar-refractivity contribution in [2.24, 2.45) is 0 Å². The number of ether oxygens (including phenoxy) is 2. The molecule has 0 aliphatic heterocycles. The molecule has 2 aromatic carbocycles. The van der Waals surface area contributed by atoms with E-state index in [1.165, 1.54) is 30.5 Å². The van der Waals surface area contributed by atoms with E-state index in [0.717, 1.165) is 18.2 Å². The number of nitrogens with one attached hydrogen (secondary N) is 1. The van der Waals surface area contributed by atoms with E-state index in [2.05, 4.69) is 5.32 Å². The highest BCUT2D eigenvalue weighted by Crippen LogP contribution is 2.31. The number of nitro benzene ring substituents is 2. The van der Waals surface area contributed by atoms with Gasteiger partial charge in [-0.05, 0) is 42.8 Å². The van der Waals surface area contributed by atoms with E-state index in [1.807, 2.05) is 6.07 Å². The summed E-state index contributed by atoms with van der Waals surface area (Å²) < 4.78 is 15.9. The second kappa shape index (κ2) is 11.8. The van der Waals surface area contributed by atoms with E-state index in [1.54, 1.807) is 19.1 Å². The smallest absolute Gasteiger partial charge is 0.344 e. The molecule has 1 aromatic heterocycles. The van der Waals surface area contributed by atoms with Crippen molar-refractivity contribution < 1.29 is 33.3 Å². The summed E-state index contributed by atoms with van der Waals surface area (Å²) in [6.07, 6.45) is 2.75. The van der Waals surface area contributed by atoms with E-state index in [-0.39, 0.29) is 30.2 Å². The van der Waals surface area contributed by atoms with Crippen molar-refractivity contribution in [1.82, 2.24) is 5.32 Å². The molecule has 1 N–H and O–H groups in total. The summed E-state index contributed by atoms with van der Waals surface area (Å²) in [5.74, 6) is -1.24. The maximum Gasteiger partial charge on any atom is 0.344 e. The number of non-ortho nitro benzene ring substituents is 2. The van der Waals surface area contributed by atoms with Crippen LogP contribution in [0, 0.1) is 31.6 Å². The summed E-state index contributed by atoms with van der Waals surface area (Å²) in [7, 11) is 0. The number of hydrogen-bond acceptors (Lipinski definition) is 10. The largest absolute Gasteiger partial charge is 0.490 e. The fourth-order valence-corrected chi connectivity index (χ4v) is 3.04. The fourth-order valence-electron chi connectivity index (χ4n) is 3.04. The lowest BCUT2D eigenvalue weighted by Crippen LogP contribution is -2.23. The Morgan fingerprint density at radius 1 is 1.08 bits per heavy atom. The van der Waals surface area contributed by atoms with Crippen molar-refractivity contribution in [2.75, 3.05) is 6.61 Å². The second-order valence-corrected chi connectivity index (χ2v) is 7.21. The third-order valence-electron chi connectivity index (χ3n) is 4.71. The molecule has 188 valence electrons. The lowest BCUT2D eigenvalue weighted by Gasteiger charge is -2.12. The Morgan fingerprint density at radius 2 is 1.78 bits per heavy atom. The molecule has 0 bridgehead atoms. The molecule has 0 unspecified atom stereocenters. The Balaban J connectivity index is 1.84. The maximum atomic E-state index is 12.6. The highest BCUT2D eigenvalue weighted by atomic mass is 16.6. The third kappa shape index (κ3) is 6.76. The first-order valence-corrected chi connectivity index (χ1v) is 10.6. The van der Waals surface area contributed by atoms with Gasteiger partial charge in [0, 0.05) is 12.1 Å². The van der Waals surface area contributed by atoms with Crippen molar-refractivity contribution in [2.45, 2.75) is 13.5 Å². The summed E-state index contributed by atoms with van der Waals surface area (Å²) in [6.45, 7) is 1.91. The van der Waals surface area contributed by atoms with Crippen LogP contribution in [0.15, 0.2) is 64.8 Å². The minimum atomic E-state index is -1.09. The van der Waals surface area contributed by atoms with Crippen LogP contribution in [-0.4, -0.2) is 28.3 Å². The zero-order chi connectivity index (χ0) is 26.9. The van der Waals surface area contributed by atoms with Gasteiger partial charge in [0.05, 0.1) is 40.9 Å². The molecule has 0 aliphatic carbocycles. The van der Waals surface area contributed by atoms with Crippen LogP contribution in [-0.2, 0) is 11.3 Å². The van der Waals surface area contributed by atoms with E-state index >= 15 is 0 Å². The lowest BCUT2D eigenvalue weighted by molar-refractivity contribution is -0.394. The van der Waals surface area contributed by atoms with Crippen LogP contribution >= 0.6 is 0 Å². The van der Waals surface area contributed by atoms with Crippen molar-refractivity contribution in [3.8, 4) is 17.6 Å². The van der Waals surface area contributed by atoms with Crippen LogP contribution in [0.2, 0.25) is 0 Å². The number of nitro groups is 2. The molecule has 0 radical (unpaired) electrons. The SMILES string of the molecule is CCOc1cc(/C=C(\C#N)C(=O)NCc2ccco2)ccc1OC(=O)c1cc([N+](=O)[O-])cc([N+](=O)[O-])c1. The first kappa shape index (κ1) is 26.1. The first-order chi connectivity index (χ1) is 17.7. The molecule has 0 aliphatic rings. The summed E-state index contributed by atoms with van der Waals surface area (Å²) in [5, 5.41) is 34.2. The summed E-state index contributed by atoms with van der Waals surface area (Å²) >= 11 is 0. The number of amides is 1. The number of esters is 1. The van der Waals surface area contributed by atoms with Crippen LogP contribution in [0.3, 0.4) is 0 Å². The Bertz CT molecular complexity index is 1390. The molecule has 0 saturated carbocycles. The van der Waals surface area contributed by atoms with E-state index in [9.17, 15) is 35.1 Å². The number of benzene rings is 2. The van der Waals surface area contributed by atoms with Gasteiger partial charge in [-0.25, -0.2) is 4.79 Å². The summed E-state index contributed by atoms with van der Waals surface area (Å²) in [4.78, 5) is 45.5. The van der Waals surface area contributed by atoms with Gasteiger partial charge in [0.15, 0.2) is 11.5 Å². The number of nitriles is 1. The molecule has 0 spiro atoms. The van der Waals surface area contributed by atoms with E-state index < -0.39 is 38.7 Å². The Morgan fingerprint density at radius 3 is 2.35 bits per heavy atom. The Hall–Kier alpha value is -5.51. The van der Waals surface area contributed by atoms with Crippen LogP contribution in [0.1, 0.15) is 28.6 Å². The van der Waals surface area contributed by atoms with E-state index in [4.69, 9.17) is 13.9 Å². The molecule has 0 atom stereocenters. The maximum absolute atomic E-state index is 12.6. The summed E-state index contributed by atoms with van der Waals surface area (Å²) in [6, 6.07) is 11.8. The number of rotatable bonds is 10. The molecule has 37 heavy (non-hydrogen) atoms. The van der Waals surface area contributed by atoms with Gasteiger partial charge in [0.1, 0.15) is 17.4 Å². The van der Waals surface area contributed by atoms with Gasteiger partial charge >= 0.3 is 5.97 Å². The highest BCUT2D eigenvalue weighted by molar-refractivity contribution is 6.01. The zero-order valence-electron chi connectivity index (χ0n) is 19.2. The molecule has 1 heterocycles. The van der Waals surface area contributed by atoms with Crippen LogP contribution < -0.4 is 14.8 Å². The third-order valence-corrected chi connectivity index (χ3v) is 4.71. The fraction of sp³-hybridized carbons (Fsp3) is 0.125. The molecule has 1 amide bonds. The van der Waals surface area contributed by atoms with Crippen LogP contribution in [0.5, 0.6) is 11.5 Å². The standard InChI is InChI=1S/C24H18N4O9/c1-2-35-22-9-15(8-17(13-25)23(29)26-14-20-4-3-7-36-20)5-6-21(22)37-24(30)16-10-18(27(31)32)12-19(11-16)28(33)34/h3-12H,2,14H2,1H3,(H,26,29)/b17-8+. The molecule has 0 fully saturated rings. The average Bonchev–Trinajstić information content (AvgIpc) is 3.40. The molecule has 13 heteroatoms. The van der Waals surface area contributed by atoms with Gasteiger partial charge in [-0.1, -0.05) is 6.07 Å². The predicted molar refractivity (Wildman–Crippen MR) is 126 cm³/mol. The normalized spacial score (nSPS) is 10.8. The van der Waals surface area contributed by atoms with Gasteiger partial charge in [-0.15, -0.1) is 0 Å². The predicted octanol–water partition coefficient (Wildman–Crippen LogP) is 3.94. The molecular formula is C24H18N4O9. The number of carbonyl (C=O) groups is 2. The van der Waals surface area contributed by atoms with Gasteiger partial charge < -0.3 is 19.2 Å². The Kier molecular flexibility index (Phi) is 8.29. The monoisotopic (exact) mass is 506 g/mol. The van der Waals surface area contributed by atoms with Crippen LogP contribution in [0.25, 0.3) is 6.08 Å². The molecule has 0 saturated heterocycles. The topological polar surface area (TPSA) is 188 Å². The van der Waals surface area contributed by atoms with Crippen LogP contribution in [0.4, 0.5) is 11.4 Å². The minimum Gasteiger partial charge on any atom is -0.490 e. The van der Waals surface area contributed by atoms with Gasteiger partial charge in [-0.2, -0.15) is 5.26 Å². The number of hydrogen-bond donors (Lipinski definition) is 1. The van der Waals surface area contributed by atoms with Gasteiger partial charge in [0.2, 0.25) is 0 Å². The summed E-state index contributed by atoms with van der Waals surface area (Å²) in [5.41, 5.74) is -1.55. The lowest BCUT2D eigenvalue weighted by atomic mass is 10.1. The van der Waals surface area contributed by atoms with E-state index in [0.29, 0.717) is 11.3 Å². The van der Waals surface area contributed by atoms with Gasteiger partial charge in [-0.3, -0.25) is 25.0 Å². The number of furan rings is 1. The quantitative estimate of drug-likeness (QED) is 0.105. The first-order valence-electron chi connectivity index (χ1n) is 10.6. The molecular weight excluding hydrogens is 488 g/mol. The molecule has 3 rings (SSSR count). The van der Waals surface area contributed by atoms with Crippen molar-refractivity contribution in [1.29, 1.82) is 5.26 Å². The second-order valence-electron chi connectivity index (χ2n) is 7.21. The number of carbonyl (C=O) groups excluding carboxylic acids is 2. The molecule has 13 nitrogen and oxygen atoms in total. The van der Waals surface area contributed by atoms with Gasteiger partial charge in [0.25, 0.3) is 17.3 Å². The van der Waals surface area contributed by atoms with Crippen molar-refractivity contribution in [3.63, 3.8) is 0 Å². The highest BCUT2D eigenvalue weighted by Gasteiger charge is 2.22. The zero-order valence-corrected chi connectivity index (χ0v) is 19.2. The average molecular weight is 506 g/mol.